The molecule has 1 fully saturated rings. The number of nitrogens with zero attached hydrogens (tertiary/aromatic N) is 2. The molecule has 0 bridgehead atoms. The maximum Gasteiger partial charge on any atom is 0.231 e. The van der Waals surface area contributed by atoms with Gasteiger partial charge in [0.05, 0.1) is 6.20 Å². The van der Waals surface area contributed by atoms with E-state index < -0.39 is 5.95 Å². The average molecular weight is 221 g/mol. The molecular weight excluding hydrogens is 209 g/mol. The molecule has 0 spiro atoms. The predicted molar refractivity (Wildman–Crippen MR) is 55.4 cm³/mol. The number of ether oxygens (including phenoxy) is 1. The molecular formula is C11H12FN3O. The number of hydrogen-bond donors (Lipinski definition) is 1. The van der Waals surface area contributed by atoms with Crippen molar-refractivity contribution >= 4 is 0 Å². The summed E-state index contributed by atoms with van der Waals surface area (Å²) in [5.74, 6) is -0.319. The Kier molecular flexibility index (Phi) is 3.32. The molecule has 0 unspecified atom stereocenters. The van der Waals surface area contributed by atoms with E-state index in [0.717, 1.165) is 19.4 Å². The van der Waals surface area contributed by atoms with Crippen LogP contribution < -0.4 is 10.1 Å². The first-order valence-electron chi connectivity index (χ1n) is 5.21. The van der Waals surface area contributed by atoms with E-state index in [0.29, 0.717) is 18.4 Å². The van der Waals surface area contributed by atoms with Crippen LogP contribution in [0.3, 0.4) is 0 Å². The summed E-state index contributed by atoms with van der Waals surface area (Å²) in [7, 11) is 0. The fourth-order valence-corrected chi connectivity index (χ4v) is 1.68. The molecule has 5 heteroatoms. The van der Waals surface area contributed by atoms with Gasteiger partial charge in [-0.25, -0.2) is 4.98 Å². The fourth-order valence-electron chi connectivity index (χ4n) is 1.68. The Balaban J connectivity index is 1.96. The van der Waals surface area contributed by atoms with Crippen LogP contribution >= 0.6 is 0 Å². The van der Waals surface area contributed by atoms with Crippen LogP contribution in [0.15, 0.2) is 12.3 Å². The number of aromatic nitrogens is 1. The molecule has 0 radical (unpaired) electrons. The minimum Gasteiger partial charge on any atom is -0.490 e. The SMILES string of the molecule is N#Cc1cc(OC[C@@H]2CCCN2)cnc1F. The summed E-state index contributed by atoms with van der Waals surface area (Å²) in [5, 5.41) is 11.9. The number of rotatable bonds is 3. The van der Waals surface area contributed by atoms with Crippen LogP contribution in [-0.2, 0) is 0 Å². The van der Waals surface area contributed by atoms with Crippen molar-refractivity contribution in [3.8, 4) is 11.8 Å². The van der Waals surface area contributed by atoms with Gasteiger partial charge in [-0.3, -0.25) is 0 Å². The van der Waals surface area contributed by atoms with E-state index in [1.54, 1.807) is 6.07 Å². The van der Waals surface area contributed by atoms with Gasteiger partial charge in [-0.05, 0) is 19.4 Å². The summed E-state index contributed by atoms with van der Waals surface area (Å²) in [6.07, 6.45) is 3.53. The van der Waals surface area contributed by atoms with Gasteiger partial charge in [-0.15, -0.1) is 0 Å². The van der Waals surface area contributed by atoms with Crippen molar-refractivity contribution in [1.82, 2.24) is 10.3 Å². The summed E-state index contributed by atoms with van der Waals surface area (Å²) >= 11 is 0. The summed E-state index contributed by atoms with van der Waals surface area (Å²) in [6.45, 7) is 1.54. The number of nitrogens with one attached hydrogen (secondary N) is 1. The quantitative estimate of drug-likeness (QED) is 0.780. The fraction of sp³-hybridized carbons (Fsp3) is 0.455. The van der Waals surface area contributed by atoms with Crippen LogP contribution in [0.25, 0.3) is 0 Å². The highest BCUT2D eigenvalue weighted by atomic mass is 19.1. The zero-order valence-corrected chi connectivity index (χ0v) is 8.74. The Morgan fingerprint density at radius 2 is 2.56 bits per heavy atom. The van der Waals surface area contributed by atoms with Crippen LogP contribution in [-0.4, -0.2) is 24.2 Å². The van der Waals surface area contributed by atoms with Gasteiger partial charge in [-0.2, -0.15) is 9.65 Å². The molecule has 0 aromatic carbocycles. The smallest absolute Gasteiger partial charge is 0.231 e. The number of nitriles is 1. The lowest BCUT2D eigenvalue weighted by molar-refractivity contribution is 0.275. The summed E-state index contributed by atoms with van der Waals surface area (Å²) < 4.78 is 18.4. The minimum absolute atomic E-state index is 0.0862. The molecule has 1 atom stereocenters. The lowest BCUT2D eigenvalue weighted by Crippen LogP contribution is -2.28. The first-order chi connectivity index (χ1) is 7.79. The molecule has 1 aromatic rings. The van der Waals surface area contributed by atoms with Gasteiger partial charge < -0.3 is 10.1 Å². The largest absolute Gasteiger partial charge is 0.490 e. The molecule has 0 aliphatic carbocycles. The zero-order valence-electron chi connectivity index (χ0n) is 8.74. The third kappa shape index (κ3) is 2.47. The van der Waals surface area contributed by atoms with Gasteiger partial charge in [0.2, 0.25) is 5.95 Å². The maximum atomic E-state index is 12.9. The zero-order chi connectivity index (χ0) is 11.4. The molecule has 1 aliphatic rings. The van der Waals surface area contributed by atoms with Crippen LogP contribution in [0, 0.1) is 17.3 Å². The van der Waals surface area contributed by atoms with E-state index in [1.807, 2.05) is 0 Å². The lowest BCUT2D eigenvalue weighted by atomic mass is 10.2. The minimum atomic E-state index is -0.756. The number of halogens is 1. The Hall–Kier alpha value is -1.67. The number of pyridine rings is 1. The molecule has 1 aromatic heterocycles. The van der Waals surface area contributed by atoms with Gasteiger partial charge >= 0.3 is 0 Å². The van der Waals surface area contributed by atoms with E-state index in [4.69, 9.17) is 10.00 Å². The van der Waals surface area contributed by atoms with Crippen LogP contribution in [0.1, 0.15) is 18.4 Å². The molecule has 84 valence electrons. The van der Waals surface area contributed by atoms with Crippen LogP contribution in [0.2, 0.25) is 0 Å². The second-order valence-electron chi connectivity index (χ2n) is 3.73. The molecule has 1 N–H and O–H groups in total. The molecule has 16 heavy (non-hydrogen) atoms. The van der Waals surface area contributed by atoms with E-state index in [9.17, 15) is 4.39 Å². The molecule has 2 heterocycles. The van der Waals surface area contributed by atoms with E-state index >= 15 is 0 Å². The van der Waals surface area contributed by atoms with Crippen molar-refractivity contribution in [2.75, 3.05) is 13.2 Å². The van der Waals surface area contributed by atoms with Crippen molar-refractivity contribution in [2.45, 2.75) is 18.9 Å². The summed E-state index contributed by atoms with van der Waals surface area (Å²) in [4.78, 5) is 3.46. The van der Waals surface area contributed by atoms with E-state index in [1.165, 1.54) is 12.3 Å². The Morgan fingerprint density at radius 3 is 3.25 bits per heavy atom. The van der Waals surface area contributed by atoms with Crippen LogP contribution in [0.5, 0.6) is 5.75 Å². The highest BCUT2D eigenvalue weighted by Gasteiger charge is 2.14. The lowest BCUT2D eigenvalue weighted by Gasteiger charge is -2.11. The molecule has 1 saturated heterocycles. The third-order valence-electron chi connectivity index (χ3n) is 2.55. The first-order valence-corrected chi connectivity index (χ1v) is 5.21. The second kappa shape index (κ2) is 4.90. The highest BCUT2D eigenvalue weighted by Crippen LogP contribution is 2.15. The molecule has 4 nitrogen and oxygen atoms in total. The Morgan fingerprint density at radius 1 is 1.69 bits per heavy atom. The summed E-state index contributed by atoms with van der Waals surface area (Å²) in [5.41, 5.74) is -0.0862. The summed E-state index contributed by atoms with van der Waals surface area (Å²) in [6, 6.07) is 3.45. The van der Waals surface area contributed by atoms with Crippen molar-refractivity contribution < 1.29 is 9.13 Å². The van der Waals surface area contributed by atoms with E-state index in [2.05, 4.69) is 10.3 Å². The third-order valence-corrected chi connectivity index (χ3v) is 2.55. The van der Waals surface area contributed by atoms with Crippen molar-refractivity contribution in [3.05, 3.63) is 23.8 Å². The van der Waals surface area contributed by atoms with Crippen LogP contribution in [0.4, 0.5) is 4.39 Å². The molecule has 1 aliphatic heterocycles. The maximum absolute atomic E-state index is 12.9. The number of hydrogen-bond acceptors (Lipinski definition) is 4. The first kappa shape index (κ1) is 10.8. The van der Waals surface area contributed by atoms with Crippen molar-refractivity contribution in [3.63, 3.8) is 0 Å². The van der Waals surface area contributed by atoms with Gasteiger partial charge in [-0.1, -0.05) is 0 Å². The molecule has 0 amide bonds. The van der Waals surface area contributed by atoms with Crippen molar-refractivity contribution in [2.24, 2.45) is 0 Å². The Bertz CT molecular complexity index is 410. The van der Waals surface area contributed by atoms with Gasteiger partial charge in [0.25, 0.3) is 0 Å². The normalized spacial score (nSPS) is 19.4. The molecule has 2 rings (SSSR count). The second-order valence-corrected chi connectivity index (χ2v) is 3.73. The monoisotopic (exact) mass is 221 g/mol. The molecule has 0 saturated carbocycles. The highest BCUT2D eigenvalue weighted by molar-refractivity contribution is 5.33. The predicted octanol–water partition coefficient (Wildman–Crippen LogP) is 1.22. The topological polar surface area (TPSA) is 57.9 Å². The van der Waals surface area contributed by atoms with Gasteiger partial charge in [0.15, 0.2) is 0 Å². The standard InChI is InChI=1S/C11H12FN3O/c12-11-8(5-13)4-10(6-15-11)16-7-9-2-1-3-14-9/h4,6,9,14H,1-3,7H2/t9-/m0/s1. The Labute approximate surface area is 93.1 Å². The van der Waals surface area contributed by atoms with E-state index in [-0.39, 0.29) is 5.56 Å². The van der Waals surface area contributed by atoms with Gasteiger partial charge in [0, 0.05) is 12.1 Å². The van der Waals surface area contributed by atoms with Gasteiger partial charge in [0.1, 0.15) is 24.0 Å². The van der Waals surface area contributed by atoms with Crippen molar-refractivity contribution in [1.29, 1.82) is 5.26 Å². The average Bonchev–Trinajstić information content (AvgIpc) is 2.81.